The number of aliphatic carboxylic acids is 1. The molecule has 2 amide bonds. The number of carbonyl (C=O) groups is 3. The number of amides is 2. The van der Waals surface area contributed by atoms with Crippen LogP contribution in [0, 0.1) is 17.8 Å². The SMILES string of the molecule is C#CCC(NC(=O)C(CCC(C)(C)C)NC(=O)OCC1c2ccccc2-c2ccccc21)C(=O)O. The van der Waals surface area contributed by atoms with Gasteiger partial charge in [0.05, 0.1) is 0 Å². The number of ether oxygens (including phenoxy) is 1. The summed E-state index contributed by atoms with van der Waals surface area (Å²) in [6.45, 7) is 6.18. The first-order valence-electron chi connectivity index (χ1n) is 11.7. The highest BCUT2D eigenvalue weighted by Crippen LogP contribution is 2.44. The third-order valence-corrected chi connectivity index (χ3v) is 6.07. The van der Waals surface area contributed by atoms with Crippen molar-refractivity contribution < 1.29 is 24.2 Å². The summed E-state index contributed by atoms with van der Waals surface area (Å²) in [5, 5.41) is 14.4. The van der Waals surface area contributed by atoms with Crippen LogP contribution in [0.1, 0.15) is 57.1 Å². The summed E-state index contributed by atoms with van der Waals surface area (Å²) in [7, 11) is 0. The second-order valence-corrected chi connectivity index (χ2v) is 9.93. The van der Waals surface area contributed by atoms with Crippen molar-refractivity contribution in [2.75, 3.05) is 6.61 Å². The molecule has 1 aliphatic rings. The lowest BCUT2D eigenvalue weighted by Crippen LogP contribution is -2.52. The predicted octanol–water partition coefficient (Wildman–Crippen LogP) is 4.31. The number of rotatable bonds is 9. The summed E-state index contributed by atoms with van der Waals surface area (Å²) < 4.78 is 5.57. The third-order valence-electron chi connectivity index (χ3n) is 6.07. The van der Waals surface area contributed by atoms with Gasteiger partial charge in [-0.05, 0) is 40.5 Å². The standard InChI is InChI=1S/C28H32N2O5/c1-5-10-24(26(32)33)29-25(31)23(15-16-28(2,3)4)30-27(34)35-17-22-20-13-8-6-11-18(20)19-12-7-9-14-21(19)22/h1,6-9,11-14,22-24H,10,15-17H2,2-4H3,(H,29,31)(H,30,34)(H,32,33). The Bertz CT molecular complexity index is 1080. The molecule has 35 heavy (non-hydrogen) atoms. The van der Waals surface area contributed by atoms with Crippen LogP contribution in [0.4, 0.5) is 4.79 Å². The molecule has 2 atom stereocenters. The zero-order valence-electron chi connectivity index (χ0n) is 20.3. The van der Waals surface area contributed by atoms with Crippen molar-refractivity contribution in [3.8, 4) is 23.5 Å². The van der Waals surface area contributed by atoms with Gasteiger partial charge < -0.3 is 20.5 Å². The van der Waals surface area contributed by atoms with E-state index >= 15 is 0 Å². The van der Waals surface area contributed by atoms with Gasteiger partial charge in [-0.15, -0.1) is 12.3 Å². The van der Waals surface area contributed by atoms with Crippen LogP contribution in [-0.2, 0) is 14.3 Å². The average Bonchev–Trinajstić information content (AvgIpc) is 3.13. The van der Waals surface area contributed by atoms with Gasteiger partial charge in [0.25, 0.3) is 0 Å². The number of nitrogens with one attached hydrogen (secondary N) is 2. The molecule has 7 heteroatoms. The Hall–Kier alpha value is -3.79. The molecule has 0 bridgehead atoms. The number of carboxylic acid groups (broad SMARTS) is 1. The van der Waals surface area contributed by atoms with Crippen LogP contribution in [0.25, 0.3) is 11.1 Å². The van der Waals surface area contributed by atoms with E-state index in [-0.39, 0.29) is 24.4 Å². The summed E-state index contributed by atoms with van der Waals surface area (Å²) >= 11 is 0. The number of carboxylic acids is 1. The topological polar surface area (TPSA) is 105 Å². The lowest BCUT2D eigenvalue weighted by atomic mass is 9.88. The molecule has 0 fully saturated rings. The summed E-state index contributed by atoms with van der Waals surface area (Å²) in [5.41, 5.74) is 4.32. The number of alkyl carbamates (subject to hydrolysis) is 1. The van der Waals surface area contributed by atoms with E-state index < -0.39 is 30.1 Å². The molecule has 7 nitrogen and oxygen atoms in total. The first kappa shape index (κ1) is 25.8. The van der Waals surface area contributed by atoms with Gasteiger partial charge >= 0.3 is 12.1 Å². The van der Waals surface area contributed by atoms with Crippen LogP contribution in [0.3, 0.4) is 0 Å². The average molecular weight is 477 g/mol. The maximum absolute atomic E-state index is 12.9. The number of hydrogen-bond donors (Lipinski definition) is 3. The van der Waals surface area contributed by atoms with E-state index in [2.05, 4.69) is 28.7 Å². The van der Waals surface area contributed by atoms with Gasteiger partial charge in [-0.25, -0.2) is 9.59 Å². The van der Waals surface area contributed by atoms with E-state index in [9.17, 15) is 19.5 Å². The van der Waals surface area contributed by atoms with E-state index in [4.69, 9.17) is 11.2 Å². The fourth-order valence-corrected chi connectivity index (χ4v) is 4.22. The largest absolute Gasteiger partial charge is 0.480 e. The van der Waals surface area contributed by atoms with Crippen molar-refractivity contribution >= 4 is 18.0 Å². The fourth-order valence-electron chi connectivity index (χ4n) is 4.22. The van der Waals surface area contributed by atoms with Gasteiger partial charge in [-0.2, -0.15) is 0 Å². The first-order chi connectivity index (χ1) is 16.6. The lowest BCUT2D eigenvalue weighted by Gasteiger charge is -2.25. The minimum absolute atomic E-state index is 0.0909. The number of benzene rings is 2. The summed E-state index contributed by atoms with van der Waals surface area (Å²) in [5.74, 6) is 0.306. The van der Waals surface area contributed by atoms with Crippen molar-refractivity contribution in [3.63, 3.8) is 0 Å². The summed E-state index contributed by atoms with van der Waals surface area (Å²) in [4.78, 5) is 37.0. The Labute approximate surface area is 206 Å². The van der Waals surface area contributed by atoms with Gasteiger partial charge in [0, 0.05) is 12.3 Å². The second-order valence-electron chi connectivity index (χ2n) is 9.93. The minimum atomic E-state index is -1.23. The molecule has 0 aliphatic heterocycles. The number of carbonyl (C=O) groups excluding carboxylic acids is 2. The summed E-state index contributed by atoms with van der Waals surface area (Å²) in [6, 6.07) is 13.9. The van der Waals surface area contributed by atoms with Crippen molar-refractivity contribution in [2.45, 2.75) is 58.0 Å². The molecule has 0 spiro atoms. The second kappa shape index (κ2) is 11.1. The molecular formula is C28H32N2O5. The molecule has 1 aliphatic carbocycles. The molecule has 3 N–H and O–H groups in total. The minimum Gasteiger partial charge on any atom is -0.480 e. The van der Waals surface area contributed by atoms with Crippen LogP contribution in [0.5, 0.6) is 0 Å². The highest BCUT2D eigenvalue weighted by molar-refractivity contribution is 5.89. The Morgan fingerprint density at radius 2 is 1.57 bits per heavy atom. The Balaban J connectivity index is 1.69. The monoisotopic (exact) mass is 476 g/mol. The number of terminal acetylenes is 1. The van der Waals surface area contributed by atoms with Crippen LogP contribution in [0.2, 0.25) is 0 Å². The molecule has 0 radical (unpaired) electrons. The zero-order valence-corrected chi connectivity index (χ0v) is 20.3. The van der Waals surface area contributed by atoms with E-state index in [0.29, 0.717) is 12.8 Å². The molecule has 2 aromatic rings. The van der Waals surface area contributed by atoms with E-state index in [0.717, 1.165) is 22.3 Å². The molecule has 0 heterocycles. The maximum Gasteiger partial charge on any atom is 0.407 e. The molecule has 3 rings (SSSR count). The van der Waals surface area contributed by atoms with Gasteiger partial charge in [-0.1, -0.05) is 69.3 Å². The van der Waals surface area contributed by atoms with Crippen LogP contribution >= 0.6 is 0 Å². The number of hydrogen-bond acceptors (Lipinski definition) is 4. The molecule has 2 aromatic carbocycles. The molecule has 0 aromatic heterocycles. The van der Waals surface area contributed by atoms with Gasteiger partial charge in [0.15, 0.2) is 0 Å². The van der Waals surface area contributed by atoms with Crippen molar-refractivity contribution in [3.05, 3.63) is 59.7 Å². The highest BCUT2D eigenvalue weighted by atomic mass is 16.5. The fraction of sp³-hybridized carbons (Fsp3) is 0.393. The van der Waals surface area contributed by atoms with E-state index in [1.54, 1.807) is 0 Å². The van der Waals surface area contributed by atoms with Gasteiger partial charge in [0.1, 0.15) is 18.7 Å². The van der Waals surface area contributed by atoms with Crippen LogP contribution < -0.4 is 10.6 Å². The first-order valence-corrected chi connectivity index (χ1v) is 11.7. The summed E-state index contributed by atoms with van der Waals surface area (Å²) in [6.07, 6.45) is 5.29. The molecule has 0 saturated heterocycles. The van der Waals surface area contributed by atoms with Crippen molar-refractivity contribution in [1.82, 2.24) is 10.6 Å². The van der Waals surface area contributed by atoms with Crippen LogP contribution in [-0.4, -0.2) is 41.8 Å². The smallest absolute Gasteiger partial charge is 0.407 e. The zero-order chi connectivity index (χ0) is 25.6. The molecule has 0 saturated carbocycles. The van der Waals surface area contributed by atoms with E-state index in [1.807, 2.05) is 57.2 Å². The van der Waals surface area contributed by atoms with Gasteiger partial charge in [0.2, 0.25) is 5.91 Å². The Morgan fingerprint density at radius 3 is 2.09 bits per heavy atom. The molecular weight excluding hydrogens is 444 g/mol. The molecule has 2 unspecified atom stereocenters. The number of fused-ring (bicyclic) bond motifs is 3. The normalized spacial score (nSPS) is 14.1. The third kappa shape index (κ3) is 6.63. The van der Waals surface area contributed by atoms with Crippen LogP contribution in [0.15, 0.2) is 48.5 Å². The van der Waals surface area contributed by atoms with Crippen molar-refractivity contribution in [1.29, 1.82) is 0 Å². The highest BCUT2D eigenvalue weighted by Gasteiger charge is 2.31. The van der Waals surface area contributed by atoms with Crippen molar-refractivity contribution in [2.24, 2.45) is 5.41 Å². The Morgan fingerprint density at radius 1 is 1.00 bits per heavy atom. The maximum atomic E-state index is 12.9. The molecule has 184 valence electrons. The quantitative estimate of drug-likeness (QED) is 0.468. The lowest BCUT2D eigenvalue weighted by molar-refractivity contribution is -0.142. The van der Waals surface area contributed by atoms with E-state index in [1.165, 1.54) is 0 Å². The van der Waals surface area contributed by atoms with Gasteiger partial charge in [-0.3, -0.25) is 4.79 Å². The Kier molecular flexibility index (Phi) is 8.18. The predicted molar refractivity (Wildman–Crippen MR) is 134 cm³/mol.